The van der Waals surface area contributed by atoms with Crippen molar-refractivity contribution in [3.05, 3.63) is 60.1 Å². The summed E-state index contributed by atoms with van der Waals surface area (Å²) in [4.78, 5) is 45.4. The molecule has 0 aliphatic carbocycles. The number of ether oxygens (including phenoxy) is 1. The summed E-state index contributed by atoms with van der Waals surface area (Å²) in [6.07, 6.45) is 2.26. The molecule has 3 heterocycles. The highest BCUT2D eigenvalue weighted by molar-refractivity contribution is 6.02. The average Bonchev–Trinajstić information content (AvgIpc) is 3.22. The van der Waals surface area contributed by atoms with Crippen molar-refractivity contribution in [1.82, 2.24) is 19.9 Å². The van der Waals surface area contributed by atoms with Crippen molar-refractivity contribution in [3.8, 4) is 5.75 Å². The molecule has 12 heteroatoms. The molecule has 0 saturated heterocycles. The van der Waals surface area contributed by atoms with Crippen LogP contribution in [0.5, 0.6) is 5.75 Å². The lowest BCUT2D eigenvalue weighted by molar-refractivity contribution is -0.111. The number of carbonyl (C=O) groups is 2. The second-order valence-electron chi connectivity index (χ2n) is 12.1. The minimum Gasteiger partial charge on any atom is -0.506 e. The molecule has 234 valence electrons. The molecule has 12 nitrogen and oxygen atoms in total. The van der Waals surface area contributed by atoms with E-state index in [-0.39, 0.29) is 34.5 Å². The summed E-state index contributed by atoms with van der Waals surface area (Å²) < 4.78 is 5.53. The molecule has 0 bridgehead atoms. The number of likely N-dealkylation sites (N-methyl/N-ethyl adjacent to an activating group) is 2. The van der Waals surface area contributed by atoms with Crippen LogP contribution < -0.4 is 20.4 Å². The van der Waals surface area contributed by atoms with E-state index < -0.39 is 11.9 Å². The van der Waals surface area contributed by atoms with Crippen LogP contribution in [0.4, 0.5) is 34.5 Å². The number of phenols is 1. The SMILES string of the molecule is C=CC(=O)Nc1cc(Nc2ncc(C(=O)OC(C)C)c(N3CC(C)(C)c4nc(C)ccc43)n2)c(O)cc1N(C)CCN(C)C. The number of rotatable bonds is 11. The van der Waals surface area contributed by atoms with Gasteiger partial charge in [-0.25, -0.2) is 9.78 Å². The number of anilines is 6. The van der Waals surface area contributed by atoms with E-state index in [4.69, 9.17) is 14.7 Å². The molecule has 1 aliphatic heterocycles. The number of benzene rings is 1. The number of fused-ring (bicyclic) bond motifs is 1. The van der Waals surface area contributed by atoms with Gasteiger partial charge in [-0.2, -0.15) is 4.98 Å². The van der Waals surface area contributed by atoms with E-state index in [2.05, 4.69) is 36.0 Å². The molecule has 0 radical (unpaired) electrons. The maximum Gasteiger partial charge on any atom is 0.343 e. The predicted octanol–water partition coefficient (Wildman–Crippen LogP) is 4.75. The van der Waals surface area contributed by atoms with Crippen molar-refractivity contribution < 1.29 is 19.4 Å². The largest absolute Gasteiger partial charge is 0.506 e. The molecule has 0 saturated carbocycles. The van der Waals surface area contributed by atoms with E-state index in [9.17, 15) is 14.7 Å². The predicted molar refractivity (Wildman–Crippen MR) is 174 cm³/mol. The van der Waals surface area contributed by atoms with Crippen LogP contribution in [0, 0.1) is 6.92 Å². The highest BCUT2D eigenvalue weighted by Gasteiger charge is 2.39. The Morgan fingerprint density at radius 3 is 2.55 bits per heavy atom. The maximum absolute atomic E-state index is 13.2. The Hall–Kier alpha value is -4.71. The summed E-state index contributed by atoms with van der Waals surface area (Å²) in [5.74, 6) is -0.526. The Balaban J connectivity index is 1.77. The van der Waals surface area contributed by atoms with Gasteiger partial charge in [-0.1, -0.05) is 20.4 Å². The van der Waals surface area contributed by atoms with E-state index in [0.717, 1.165) is 23.6 Å². The molecule has 1 aromatic carbocycles. The molecular formula is C32H42N8O4. The number of amides is 1. The first kappa shape index (κ1) is 32.2. The van der Waals surface area contributed by atoms with Gasteiger partial charge in [0.05, 0.1) is 34.5 Å². The van der Waals surface area contributed by atoms with Gasteiger partial charge in [0.25, 0.3) is 0 Å². The van der Waals surface area contributed by atoms with Crippen LogP contribution in [0.25, 0.3) is 0 Å². The van der Waals surface area contributed by atoms with E-state index >= 15 is 0 Å². The molecule has 4 rings (SSSR count). The average molecular weight is 603 g/mol. The van der Waals surface area contributed by atoms with Crippen LogP contribution in [-0.4, -0.2) is 83.7 Å². The zero-order valence-electron chi connectivity index (χ0n) is 26.7. The number of hydrogen-bond donors (Lipinski definition) is 3. The van der Waals surface area contributed by atoms with Gasteiger partial charge in [-0.15, -0.1) is 0 Å². The summed E-state index contributed by atoms with van der Waals surface area (Å²) in [6.45, 7) is 15.2. The Bertz CT molecular complexity index is 1570. The van der Waals surface area contributed by atoms with Gasteiger partial charge in [-0.05, 0) is 59.1 Å². The molecule has 44 heavy (non-hydrogen) atoms. The number of aromatic nitrogens is 3. The Morgan fingerprint density at radius 2 is 1.89 bits per heavy atom. The van der Waals surface area contributed by atoms with Crippen LogP contribution in [0.2, 0.25) is 0 Å². The fourth-order valence-electron chi connectivity index (χ4n) is 4.94. The monoisotopic (exact) mass is 602 g/mol. The highest BCUT2D eigenvalue weighted by atomic mass is 16.5. The van der Waals surface area contributed by atoms with Gasteiger partial charge in [0.15, 0.2) is 5.82 Å². The van der Waals surface area contributed by atoms with Crippen LogP contribution in [0.1, 0.15) is 49.4 Å². The number of hydrogen-bond acceptors (Lipinski definition) is 11. The van der Waals surface area contributed by atoms with Gasteiger partial charge in [0.1, 0.15) is 11.3 Å². The third kappa shape index (κ3) is 7.08. The van der Waals surface area contributed by atoms with Crippen molar-refractivity contribution in [2.24, 2.45) is 0 Å². The van der Waals surface area contributed by atoms with Crippen LogP contribution in [-0.2, 0) is 14.9 Å². The van der Waals surface area contributed by atoms with Gasteiger partial charge in [-0.3, -0.25) is 9.78 Å². The quantitative estimate of drug-likeness (QED) is 0.121. The summed E-state index contributed by atoms with van der Waals surface area (Å²) in [6, 6.07) is 7.08. The number of nitrogens with one attached hydrogen (secondary N) is 2. The summed E-state index contributed by atoms with van der Waals surface area (Å²) in [5.41, 5.74) is 3.88. The molecule has 1 aliphatic rings. The minimum absolute atomic E-state index is 0.0749. The first-order valence-corrected chi connectivity index (χ1v) is 14.5. The normalized spacial score (nSPS) is 13.5. The first-order chi connectivity index (χ1) is 20.7. The number of carbonyl (C=O) groups excluding carboxylic acids is 2. The highest BCUT2D eigenvalue weighted by Crippen LogP contribution is 2.44. The third-order valence-electron chi connectivity index (χ3n) is 7.18. The number of phenolic OH excluding ortho intramolecular Hbond substituents is 1. The zero-order valence-corrected chi connectivity index (χ0v) is 26.7. The molecular weight excluding hydrogens is 560 g/mol. The van der Waals surface area contributed by atoms with Gasteiger partial charge in [0.2, 0.25) is 11.9 Å². The third-order valence-corrected chi connectivity index (χ3v) is 7.18. The smallest absolute Gasteiger partial charge is 0.343 e. The summed E-state index contributed by atoms with van der Waals surface area (Å²) in [5, 5.41) is 17.0. The second-order valence-corrected chi connectivity index (χ2v) is 12.1. The Kier molecular flexibility index (Phi) is 9.43. The van der Waals surface area contributed by atoms with Crippen molar-refractivity contribution in [2.45, 2.75) is 46.1 Å². The lowest BCUT2D eigenvalue weighted by Crippen LogP contribution is -2.29. The molecule has 0 atom stereocenters. The zero-order chi connectivity index (χ0) is 32.3. The first-order valence-electron chi connectivity index (χ1n) is 14.5. The van der Waals surface area contributed by atoms with Crippen molar-refractivity contribution in [2.75, 3.05) is 61.2 Å². The minimum atomic E-state index is -0.546. The van der Waals surface area contributed by atoms with Crippen molar-refractivity contribution in [1.29, 1.82) is 0 Å². The van der Waals surface area contributed by atoms with E-state index in [1.165, 1.54) is 12.3 Å². The van der Waals surface area contributed by atoms with Gasteiger partial charge in [0, 0.05) is 50.1 Å². The Labute approximate surface area is 258 Å². The van der Waals surface area contributed by atoms with Gasteiger partial charge >= 0.3 is 5.97 Å². The van der Waals surface area contributed by atoms with Crippen LogP contribution in [0.3, 0.4) is 0 Å². The molecule has 0 fully saturated rings. The van der Waals surface area contributed by atoms with Crippen LogP contribution >= 0.6 is 0 Å². The molecule has 0 unspecified atom stereocenters. The van der Waals surface area contributed by atoms with Gasteiger partial charge < -0.3 is 35.2 Å². The Morgan fingerprint density at radius 1 is 1.16 bits per heavy atom. The topological polar surface area (TPSA) is 136 Å². The summed E-state index contributed by atoms with van der Waals surface area (Å²) >= 11 is 0. The molecule has 0 spiro atoms. The van der Waals surface area contributed by atoms with Crippen molar-refractivity contribution >= 4 is 46.4 Å². The molecule has 2 aromatic heterocycles. The number of aryl methyl sites for hydroxylation is 1. The molecule has 3 N–H and O–H groups in total. The lowest BCUT2D eigenvalue weighted by Gasteiger charge is -2.25. The van der Waals surface area contributed by atoms with E-state index in [0.29, 0.717) is 30.3 Å². The molecule has 3 aromatic rings. The molecule has 1 amide bonds. The van der Waals surface area contributed by atoms with Crippen molar-refractivity contribution in [3.63, 3.8) is 0 Å². The summed E-state index contributed by atoms with van der Waals surface area (Å²) in [7, 11) is 5.82. The van der Waals surface area contributed by atoms with Crippen LogP contribution in [0.15, 0.2) is 43.1 Å². The fraction of sp³-hybridized carbons (Fsp3) is 0.406. The van der Waals surface area contributed by atoms with E-state index in [1.807, 2.05) is 54.9 Å². The van der Waals surface area contributed by atoms with E-state index in [1.54, 1.807) is 26.0 Å². The number of nitrogens with zero attached hydrogens (tertiary/aromatic N) is 6. The maximum atomic E-state index is 13.2. The lowest BCUT2D eigenvalue weighted by atomic mass is 9.91. The fourth-order valence-corrected chi connectivity index (χ4v) is 4.94. The number of aromatic hydroxyl groups is 1. The second kappa shape index (κ2) is 12.9. The number of pyridine rings is 1. The standard InChI is InChI=1S/C32H42N8O4/c1-10-27(42)35-22-15-23(26(41)16-25(22)39(9)14-13-38(7)8)36-31-33-17-21(30(43)44-19(2)3)29(37-31)40-18-32(5,6)28-24(40)12-11-20(4)34-28/h10-12,15-17,19,41H,1,13-14,18H2,2-9H3,(H,35,42)(H,33,36,37). The number of esters is 1.